The third-order valence-corrected chi connectivity index (χ3v) is 10.6. The molecule has 1 aromatic rings. The third kappa shape index (κ3) is 10.5. The summed E-state index contributed by atoms with van der Waals surface area (Å²) in [6.45, 7) is 1.41. The van der Waals surface area contributed by atoms with Crippen molar-refractivity contribution in [3.8, 4) is 0 Å². The fourth-order valence-corrected chi connectivity index (χ4v) is 7.86. The van der Waals surface area contributed by atoms with Crippen LogP contribution in [0.5, 0.6) is 0 Å². The molecule has 3 N–H and O–H groups in total. The second-order valence-electron chi connectivity index (χ2n) is 14.0. The fraction of sp³-hybridized carbons (Fsp3) is 0.750. The van der Waals surface area contributed by atoms with Gasteiger partial charge in [0.25, 0.3) is 0 Å². The Labute approximate surface area is 279 Å². The summed E-state index contributed by atoms with van der Waals surface area (Å²) in [5, 5.41) is 9.41. The van der Waals surface area contributed by atoms with Crippen molar-refractivity contribution in [2.24, 2.45) is 11.8 Å². The summed E-state index contributed by atoms with van der Waals surface area (Å²) in [5.41, 5.74) is 0.865. The van der Waals surface area contributed by atoms with Crippen LogP contribution in [0.4, 0.5) is 0 Å². The fourth-order valence-electron chi connectivity index (χ4n) is 7.86. The first-order valence-corrected chi connectivity index (χ1v) is 18.1. The van der Waals surface area contributed by atoms with Crippen LogP contribution in [0.25, 0.3) is 0 Å². The zero-order valence-corrected chi connectivity index (χ0v) is 28.1. The van der Waals surface area contributed by atoms with Gasteiger partial charge in [-0.25, -0.2) is 0 Å². The molecule has 3 aliphatic carbocycles. The molecule has 0 aromatic carbocycles. The first-order valence-electron chi connectivity index (χ1n) is 18.1. The van der Waals surface area contributed by atoms with Gasteiger partial charge < -0.3 is 30.3 Å². The van der Waals surface area contributed by atoms with Gasteiger partial charge in [0, 0.05) is 63.4 Å². The minimum Gasteiger partial charge on any atom is -0.378 e. The number of carbonyl (C=O) groups is 4. The van der Waals surface area contributed by atoms with Crippen LogP contribution < -0.4 is 16.0 Å². The number of amides is 4. The Morgan fingerprint density at radius 1 is 0.851 bits per heavy atom. The van der Waals surface area contributed by atoms with Crippen molar-refractivity contribution >= 4 is 23.6 Å². The largest absolute Gasteiger partial charge is 0.378 e. The van der Waals surface area contributed by atoms with E-state index in [2.05, 4.69) is 20.9 Å². The number of aromatic nitrogens is 1. The van der Waals surface area contributed by atoms with E-state index in [4.69, 9.17) is 9.47 Å². The second kappa shape index (κ2) is 17.9. The molecule has 1 saturated heterocycles. The molecule has 260 valence electrons. The average Bonchev–Trinajstić information content (AvgIpc) is 3.40. The number of rotatable bonds is 14. The van der Waals surface area contributed by atoms with E-state index in [9.17, 15) is 19.2 Å². The van der Waals surface area contributed by atoms with Crippen molar-refractivity contribution < 1.29 is 28.7 Å². The molecule has 2 heterocycles. The number of hydrogen-bond donors (Lipinski definition) is 3. The molecule has 4 amide bonds. The summed E-state index contributed by atoms with van der Waals surface area (Å²) in [6, 6.07) is 3.95. The topological polar surface area (TPSA) is 139 Å². The highest BCUT2D eigenvalue weighted by atomic mass is 16.5. The lowest BCUT2D eigenvalue weighted by atomic mass is 9.84. The molecule has 47 heavy (non-hydrogen) atoms. The minimum atomic E-state index is -0.444. The summed E-state index contributed by atoms with van der Waals surface area (Å²) < 4.78 is 12.1. The first-order chi connectivity index (χ1) is 22.9. The van der Waals surface area contributed by atoms with Crippen LogP contribution in [0.2, 0.25) is 0 Å². The van der Waals surface area contributed by atoms with Gasteiger partial charge in [-0.2, -0.15) is 0 Å². The van der Waals surface area contributed by atoms with Crippen LogP contribution in [0.3, 0.4) is 0 Å². The van der Waals surface area contributed by atoms with Gasteiger partial charge in [0.1, 0.15) is 0 Å². The molecule has 0 unspecified atom stereocenters. The number of nitrogens with zero attached hydrogens (tertiary/aromatic N) is 2. The lowest BCUT2D eigenvalue weighted by molar-refractivity contribution is -0.128. The average molecular weight is 654 g/mol. The van der Waals surface area contributed by atoms with E-state index < -0.39 is 5.92 Å². The van der Waals surface area contributed by atoms with E-state index in [1.807, 2.05) is 12.1 Å². The number of ether oxygens (including phenoxy) is 2. The van der Waals surface area contributed by atoms with Crippen LogP contribution in [0.15, 0.2) is 24.5 Å². The molecular formula is C36H55N5O6. The van der Waals surface area contributed by atoms with E-state index in [1.54, 1.807) is 24.3 Å². The maximum atomic E-state index is 13.0. The number of likely N-dealkylation sites (tertiary alicyclic amines) is 1. The van der Waals surface area contributed by atoms with Gasteiger partial charge in [0.15, 0.2) is 0 Å². The number of carbonyl (C=O) groups excluding carboxylic acids is 4. The molecule has 1 aromatic heterocycles. The van der Waals surface area contributed by atoms with Gasteiger partial charge in [-0.3, -0.25) is 24.2 Å². The number of hydrogen-bond acceptors (Lipinski definition) is 7. The molecule has 11 nitrogen and oxygen atoms in total. The normalized spacial score (nSPS) is 28.5. The predicted molar refractivity (Wildman–Crippen MR) is 177 cm³/mol. The van der Waals surface area contributed by atoms with E-state index in [1.165, 1.54) is 19.3 Å². The summed E-state index contributed by atoms with van der Waals surface area (Å²) in [4.78, 5) is 56.3. The smallest absolute Gasteiger partial charge is 0.226 e. The number of pyridine rings is 1. The lowest BCUT2D eigenvalue weighted by Crippen LogP contribution is -2.43. The molecule has 0 spiro atoms. The quantitative estimate of drug-likeness (QED) is 0.258. The summed E-state index contributed by atoms with van der Waals surface area (Å²) >= 11 is 0. The molecule has 2 atom stereocenters. The van der Waals surface area contributed by atoms with Crippen LogP contribution in [-0.2, 0) is 28.7 Å². The SMILES string of the molecule is CN1C(=O)C[C@H](C(=O)NCCO[C@H]2CC[C@H](OCCCC(=O)N[C@H]3CC[C@H](C(=O)NC4CCCCC4)CC3)CC2)[C@H]1c1cccnc1. The Balaban J connectivity index is 0.875. The Bertz CT molecular complexity index is 1160. The van der Waals surface area contributed by atoms with Crippen LogP contribution in [0.1, 0.15) is 114 Å². The second-order valence-corrected chi connectivity index (χ2v) is 14.0. The van der Waals surface area contributed by atoms with Crippen molar-refractivity contribution in [1.29, 1.82) is 0 Å². The lowest BCUT2D eigenvalue weighted by Gasteiger charge is -2.30. The van der Waals surface area contributed by atoms with Crippen molar-refractivity contribution in [1.82, 2.24) is 25.8 Å². The Kier molecular flexibility index (Phi) is 13.4. The molecule has 1 aliphatic heterocycles. The Morgan fingerprint density at radius 3 is 2.21 bits per heavy atom. The maximum absolute atomic E-state index is 13.0. The van der Waals surface area contributed by atoms with Gasteiger partial charge in [0.2, 0.25) is 23.6 Å². The molecule has 11 heteroatoms. The van der Waals surface area contributed by atoms with Crippen molar-refractivity contribution in [2.75, 3.05) is 26.8 Å². The van der Waals surface area contributed by atoms with Gasteiger partial charge >= 0.3 is 0 Å². The summed E-state index contributed by atoms with van der Waals surface area (Å²) in [7, 11) is 1.74. The maximum Gasteiger partial charge on any atom is 0.226 e. The Morgan fingerprint density at radius 2 is 1.53 bits per heavy atom. The highest BCUT2D eigenvalue weighted by Crippen LogP contribution is 2.36. The molecule has 0 radical (unpaired) electrons. The van der Waals surface area contributed by atoms with E-state index >= 15 is 0 Å². The summed E-state index contributed by atoms with van der Waals surface area (Å²) in [6.07, 6.45) is 18.1. The predicted octanol–water partition coefficient (Wildman–Crippen LogP) is 3.97. The third-order valence-electron chi connectivity index (χ3n) is 10.6. The molecule has 3 saturated carbocycles. The number of nitrogens with one attached hydrogen (secondary N) is 3. The zero-order valence-electron chi connectivity index (χ0n) is 28.1. The van der Waals surface area contributed by atoms with Crippen molar-refractivity contribution in [3.63, 3.8) is 0 Å². The standard InChI is InChI=1S/C36H55N5O6/c1-41-33(43)23-31(34(41)26-7-5-19-37-24-26)36(45)38-20-22-47-30-17-15-29(16-18-30)46-21-6-10-32(42)39-28-13-11-25(12-14-28)35(44)40-27-8-3-2-4-9-27/h5,7,19,24-25,27-31,34H,2-4,6,8-18,20-23H2,1H3,(H,38,45)(H,39,42)(H,40,44)/t25-,28-,29-,30-,31-,34+/m0/s1. The van der Waals surface area contributed by atoms with E-state index in [0.717, 1.165) is 69.8 Å². The highest BCUT2D eigenvalue weighted by Gasteiger charge is 2.42. The van der Waals surface area contributed by atoms with Crippen molar-refractivity contribution in [3.05, 3.63) is 30.1 Å². The van der Waals surface area contributed by atoms with Crippen LogP contribution >= 0.6 is 0 Å². The molecule has 4 fully saturated rings. The molecule has 0 bridgehead atoms. The van der Waals surface area contributed by atoms with Gasteiger partial charge in [-0.15, -0.1) is 0 Å². The molecule has 5 rings (SSSR count). The van der Waals surface area contributed by atoms with Gasteiger partial charge in [-0.05, 0) is 82.3 Å². The van der Waals surface area contributed by atoms with Crippen LogP contribution in [0, 0.1) is 11.8 Å². The monoisotopic (exact) mass is 653 g/mol. The van der Waals surface area contributed by atoms with Crippen molar-refractivity contribution in [2.45, 2.75) is 133 Å². The molecule has 4 aliphatic rings. The van der Waals surface area contributed by atoms with Crippen LogP contribution in [-0.4, -0.2) is 84.6 Å². The Hall–Kier alpha value is -3.05. The summed E-state index contributed by atoms with van der Waals surface area (Å²) in [5.74, 6) is -0.239. The van der Waals surface area contributed by atoms with Gasteiger partial charge in [0.05, 0.1) is 30.8 Å². The molecular weight excluding hydrogens is 598 g/mol. The zero-order chi connectivity index (χ0) is 33.0. The van der Waals surface area contributed by atoms with E-state index in [-0.39, 0.29) is 60.3 Å². The first kappa shape index (κ1) is 35.3. The minimum absolute atomic E-state index is 0.0393. The highest BCUT2D eigenvalue weighted by molar-refractivity contribution is 5.90. The van der Waals surface area contributed by atoms with Gasteiger partial charge in [-0.1, -0.05) is 25.3 Å². The van der Waals surface area contributed by atoms with E-state index in [0.29, 0.717) is 38.6 Å².